The second-order valence-electron chi connectivity index (χ2n) is 6.78. The van der Waals surface area contributed by atoms with Crippen molar-refractivity contribution in [3.8, 4) is 0 Å². The molecule has 0 radical (unpaired) electrons. The van der Waals surface area contributed by atoms with E-state index in [1.807, 2.05) is 0 Å². The molecule has 2 N–H and O–H groups in total. The number of rotatable bonds is 7. The van der Waals surface area contributed by atoms with Crippen molar-refractivity contribution >= 4 is 27.4 Å². The van der Waals surface area contributed by atoms with E-state index in [1.54, 1.807) is 57.2 Å². The summed E-state index contributed by atoms with van der Waals surface area (Å²) in [5, 5.41) is 12.0. The lowest BCUT2D eigenvalue weighted by Gasteiger charge is -2.19. The van der Waals surface area contributed by atoms with Crippen LogP contribution in [0.2, 0.25) is 0 Å². The summed E-state index contributed by atoms with van der Waals surface area (Å²) in [6, 6.07) is 13.0. The van der Waals surface area contributed by atoms with Gasteiger partial charge in [-0.05, 0) is 49.2 Å². The third kappa shape index (κ3) is 4.95. The fourth-order valence-electron chi connectivity index (χ4n) is 2.50. The molecule has 2 aromatic rings. The molecule has 0 heterocycles. The van der Waals surface area contributed by atoms with Gasteiger partial charge in [-0.15, -0.1) is 0 Å². The van der Waals surface area contributed by atoms with Gasteiger partial charge in [0.15, 0.2) is 9.84 Å². The largest absolute Gasteiger partial charge is 0.481 e. The first-order chi connectivity index (χ1) is 12.6. The highest BCUT2D eigenvalue weighted by atomic mass is 32.2. The highest BCUT2D eigenvalue weighted by molar-refractivity contribution is 7.91. The number of amides is 1. The zero-order valence-electron chi connectivity index (χ0n) is 15.5. The zero-order chi connectivity index (χ0) is 20.2. The number of carboxylic acids is 1. The van der Waals surface area contributed by atoms with E-state index >= 15 is 0 Å². The van der Waals surface area contributed by atoms with E-state index in [-0.39, 0.29) is 23.0 Å². The number of hydrogen-bond donors (Lipinski definition) is 2. The zero-order valence-corrected chi connectivity index (χ0v) is 16.3. The number of carbonyl (C=O) groups is 2. The number of benzene rings is 2. The lowest BCUT2D eigenvalue weighted by atomic mass is 9.85. The Morgan fingerprint density at radius 1 is 1.07 bits per heavy atom. The Bertz CT molecular complexity index is 947. The SMILES string of the molecule is CCS(=O)(=O)c1cccc(CC(=O)Nc2ccc(C(C)(C)C(=O)O)cc2)c1. The Kier molecular flexibility index (Phi) is 6.05. The molecule has 0 aliphatic rings. The van der Waals surface area contributed by atoms with Gasteiger partial charge in [-0.2, -0.15) is 0 Å². The van der Waals surface area contributed by atoms with Crippen LogP contribution in [0.25, 0.3) is 0 Å². The average Bonchev–Trinajstić information content (AvgIpc) is 2.62. The van der Waals surface area contributed by atoms with Gasteiger partial charge in [0.1, 0.15) is 0 Å². The number of nitrogens with one attached hydrogen (secondary N) is 1. The Morgan fingerprint density at radius 2 is 1.70 bits per heavy atom. The van der Waals surface area contributed by atoms with Gasteiger partial charge < -0.3 is 10.4 Å². The number of hydrogen-bond acceptors (Lipinski definition) is 4. The predicted molar refractivity (Wildman–Crippen MR) is 104 cm³/mol. The Balaban J connectivity index is 2.09. The van der Waals surface area contributed by atoms with E-state index in [0.29, 0.717) is 16.8 Å². The normalized spacial score (nSPS) is 11.8. The number of anilines is 1. The molecule has 1 amide bonds. The molecule has 0 aliphatic heterocycles. The summed E-state index contributed by atoms with van der Waals surface area (Å²) in [5.74, 6) is -1.21. The van der Waals surface area contributed by atoms with Crippen LogP contribution in [0.4, 0.5) is 5.69 Å². The quantitative estimate of drug-likeness (QED) is 0.758. The minimum atomic E-state index is -3.32. The van der Waals surface area contributed by atoms with Gasteiger partial charge >= 0.3 is 5.97 Å². The Morgan fingerprint density at radius 3 is 2.26 bits per heavy atom. The smallest absolute Gasteiger partial charge is 0.313 e. The molecule has 0 saturated carbocycles. The Labute approximate surface area is 159 Å². The van der Waals surface area contributed by atoms with Crippen LogP contribution in [0, 0.1) is 0 Å². The maximum atomic E-state index is 12.2. The molecule has 0 saturated heterocycles. The van der Waals surface area contributed by atoms with E-state index in [2.05, 4.69) is 5.32 Å². The molecule has 6 nitrogen and oxygen atoms in total. The van der Waals surface area contributed by atoms with E-state index in [1.165, 1.54) is 12.1 Å². The van der Waals surface area contributed by atoms with E-state index in [0.717, 1.165) is 0 Å². The van der Waals surface area contributed by atoms with Gasteiger partial charge in [-0.1, -0.05) is 31.2 Å². The van der Waals surface area contributed by atoms with Crippen LogP contribution in [-0.2, 0) is 31.3 Å². The van der Waals surface area contributed by atoms with E-state index in [9.17, 15) is 23.1 Å². The number of carboxylic acid groups (broad SMARTS) is 1. The second-order valence-corrected chi connectivity index (χ2v) is 9.06. The maximum Gasteiger partial charge on any atom is 0.313 e. The minimum Gasteiger partial charge on any atom is -0.481 e. The van der Waals surface area contributed by atoms with E-state index in [4.69, 9.17) is 0 Å². The molecule has 0 unspecified atom stereocenters. The highest BCUT2D eigenvalue weighted by Crippen LogP contribution is 2.25. The van der Waals surface area contributed by atoms with E-state index < -0.39 is 21.2 Å². The first-order valence-corrected chi connectivity index (χ1v) is 10.2. The first-order valence-electron chi connectivity index (χ1n) is 8.51. The molecular formula is C20H23NO5S. The highest BCUT2D eigenvalue weighted by Gasteiger charge is 2.29. The predicted octanol–water partition coefficient (Wildman–Crippen LogP) is 3.02. The standard InChI is InChI=1S/C20H23NO5S/c1-4-27(25,26)17-7-5-6-14(12-17)13-18(22)21-16-10-8-15(9-11-16)20(2,3)19(23)24/h5-12H,4,13H2,1-3H3,(H,21,22)(H,23,24). The van der Waals surface area contributed by atoms with Crippen molar-refractivity contribution in [1.82, 2.24) is 0 Å². The van der Waals surface area contributed by atoms with Crippen LogP contribution in [0.15, 0.2) is 53.4 Å². The van der Waals surface area contributed by atoms with Gasteiger partial charge in [0, 0.05) is 5.69 Å². The van der Waals surface area contributed by atoms with Gasteiger partial charge in [-0.3, -0.25) is 9.59 Å². The van der Waals surface area contributed by atoms with Gasteiger partial charge in [0.05, 0.1) is 22.5 Å². The molecule has 7 heteroatoms. The van der Waals surface area contributed by atoms with Crippen molar-refractivity contribution in [2.24, 2.45) is 0 Å². The molecule has 2 aromatic carbocycles. The second kappa shape index (κ2) is 7.92. The van der Waals surface area contributed by atoms with Crippen LogP contribution < -0.4 is 5.32 Å². The Hall–Kier alpha value is -2.67. The molecule has 0 aliphatic carbocycles. The molecule has 0 spiro atoms. The first kappa shape index (κ1) is 20.6. The van der Waals surface area contributed by atoms with Crippen LogP contribution in [0.1, 0.15) is 31.9 Å². The van der Waals surface area contributed by atoms with Crippen LogP contribution in [-0.4, -0.2) is 31.2 Å². The third-order valence-corrected chi connectivity index (χ3v) is 6.16. The minimum absolute atomic E-state index is 0.00168. The van der Waals surface area contributed by atoms with Crippen molar-refractivity contribution in [1.29, 1.82) is 0 Å². The van der Waals surface area contributed by atoms with Crippen molar-refractivity contribution in [2.75, 3.05) is 11.1 Å². The van der Waals surface area contributed by atoms with Gasteiger partial charge in [0.25, 0.3) is 0 Å². The average molecular weight is 389 g/mol. The van der Waals surface area contributed by atoms with Gasteiger partial charge in [-0.25, -0.2) is 8.42 Å². The maximum absolute atomic E-state index is 12.2. The van der Waals surface area contributed by atoms with Crippen LogP contribution >= 0.6 is 0 Å². The third-order valence-electron chi connectivity index (χ3n) is 4.43. The lowest BCUT2D eigenvalue weighted by molar-refractivity contribution is -0.142. The fraction of sp³-hybridized carbons (Fsp3) is 0.300. The summed E-state index contributed by atoms with van der Waals surface area (Å²) in [7, 11) is -3.32. The summed E-state index contributed by atoms with van der Waals surface area (Å²) in [6.45, 7) is 4.80. The number of aliphatic carboxylic acids is 1. The van der Waals surface area contributed by atoms with Crippen molar-refractivity contribution < 1.29 is 23.1 Å². The molecule has 0 atom stereocenters. The molecule has 0 fully saturated rings. The summed E-state index contributed by atoms with van der Waals surface area (Å²) < 4.78 is 23.9. The van der Waals surface area contributed by atoms with Crippen LogP contribution in [0.3, 0.4) is 0 Å². The summed E-state index contributed by atoms with van der Waals surface area (Å²) in [4.78, 5) is 23.7. The molecular weight excluding hydrogens is 366 g/mol. The van der Waals surface area contributed by atoms with Crippen LogP contribution in [0.5, 0.6) is 0 Å². The molecule has 27 heavy (non-hydrogen) atoms. The summed E-state index contributed by atoms with van der Waals surface area (Å²) in [6.07, 6.45) is 0.0371. The molecule has 144 valence electrons. The number of carbonyl (C=O) groups excluding carboxylic acids is 1. The molecule has 2 rings (SSSR count). The van der Waals surface area contributed by atoms with Gasteiger partial charge in [0.2, 0.25) is 5.91 Å². The van der Waals surface area contributed by atoms with Crippen molar-refractivity contribution in [3.05, 3.63) is 59.7 Å². The number of sulfone groups is 1. The lowest BCUT2D eigenvalue weighted by Crippen LogP contribution is -2.28. The van der Waals surface area contributed by atoms with Crippen molar-refractivity contribution in [3.63, 3.8) is 0 Å². The molecule has 0 aromatic heterocycles. The fourth-order valence-corrected chi connectivity index (χ4v) is 3.45. The van der Waals surface area contributed by atoms with Crippen molar-refractivity contribution in [2.45, 2.75) is 37.5 Å². The summed E-state index contributed by atoms with van der Waals surface area (Å²) >= 11 is 0. The monoisotopic (exact) mass is 389 g/mol. The summed E-state index contributed by atoms with van der Waals surface area (Å²) in [5.41, 5.74) is 0.756. The topological polar surface area (TPSA) is 101 Å². The molecule has 0 bridgehead atoms.